The molecule has 0 aliphatic rings. The van der Waals surface area contributed by atoms with Gasteiger partial charge in [-0.1, -0.05) is 103 Å². The first-order valence-corrected chi connectivity index (χ1v) is 15.6. The van der Waals surface area contributed by atoms with E-state index in [9.17, 15) is 0 Å². The minimum Gasteiger partial charge on any atom is -0.309 e. The molecule has 3 nitrogen and oxygen atoms in total. The molecule has 206 valence electrons. The molecular formula is C40H25N3S. The van der Waals surface area contributed by atoms with Crippen molar-refractivity contribution in [2.45, 2.75) is 0 Å². The lowest BCUT2D eigenvalue weighted by atomic mass is 10.0. The van der Waals surface area contributed by atoms with Gasteiger partial charge in [-0.25, -0.2) is 9.97 Å². The smallest absolute Gasteiger partial charge is 0.160 e. The van der Waals surface area contributed by atoms with Gasteiger partial charge < -0.3 is 4.57 Å². The first-order valence-electron chi connectivity index (χ1n) is 14.8. The summed E-state index contributed by atoms with van der Waals surface area (Å²) >= 11 is 1.83. The fourth-order valence-corrected chi connectivity index (χ4v) is 7.51. The van der Waals surface area contributed by atoms with E-state index in [0.29, 0.717) is 0 Å². The lowest BCUT2D eigenvalue weighted by molar-refractivity contribution is 1.18. The number of aromatic nitrogens is 3. The van der Waals surface area contributed by atoms with E-state index in [1.165, 1.54) is 36.5 Å². The minimum atomic E-state index is 0.720. The Balaban J connectivity index is 1.32. The number of nitrogens with zero attached hydrogens (tertiary/aromatic N) is 3. The standard InChI is InChI=1S/C40H25N3S/c1-3-12-26(13-4-1)40-41-33(27-22-23-38-32(24-27)29-16-8-10-21-37(29)44-38)25-34(42-40)30-18-11-20-36-39(30)31-17-7-9-19-35(31)43(36)28-14-5-2-6-15-28/h1-25H. The van der Waals surface area contributed by atoms with Crippen LogP contribution >= 0.6 is 11.3 Å². The van der Waals surface area contributed by atoms with Crippen molar-refractivity contribution in [3.63, 3.8) is 0 Å². The number of thiophene rings is 1. The third-order valence-corrected chi connectivity index (χ3v) is 9.57. The largest absolute Gasteiger partial charge is 0.309 e. The number of hydrogen-bond acceptors (Lipinski definition) is 3. The summed E-state index contributed by atoms with van der Waals surface area (Å²) in [6.07, 6.45) is 0. The molecule has 0 spiro atoms. The van der Waals surface area contributed by atoms with Crippen LogP contribution in [0.1, 0.15) is 0 Å². The predicted octanol–water partition coefficient (Wildman–Crippen LogP) is 10.9. The summed E-state index contributed by atoms with van der Waals surface area (Å²) in [5.74, 6) is 0.720. The van der Waals surface area contributed by atoms with Crippen LogP contribution in [0.2, 0.25) is 0 Å². The van der Waals surface area contributed by atoms with Crippen molar-refractivity contribution in [1.29, 1.82) is 0 Å². The van der Waals surface area contributed by atoms with Gasteiger partial charge in [-0.15, -0.1) is 11.3 Å². The van der Waals surface area contributed by atoms with Gasteiger partial charge in [0.05, 0.1) is 22.4 Å². The Morgan fingerprint density at radius 2 is 1.14 bits per heavy atom. The van der Waals surface area contributed by atoms with E-state index >= 15 is 0 Å². The summed E-state index contributed by atoms with van der Waals surface area (Å²) < 4.78 is 4.93. The Bertz CT molecular complexity index is 2490. The number of fused-ring (bicyclic) bond motifs is 6. The molecule has 0 saturated carbocycles. The van der Waals surface area contributed by atoms with Crippen molar-refractivity contribution in [2.24, 2.45) is 0 Å². The van der Waals surface area contributed by atoms with Gasteiger partial charge in [-0.3, -0.25) is 0 Å². The molecule has 44 heavy (non-hydrogen) atoms. The van der Waals surface area contributed by atoms with Gasteiger partial charge in [-0.05, 0) is 48.5 Å². The molecule has 0 saturated heterocycles. The zero-order valence-corrected chi connectivity index (χ0v) is 24.5. The van der Waals surface area contributed by atoms with Crippen molar-refractivity contribution < 1.29 is 0 Å². The Morgan fingerprint density at radius 1 is 0.455 bits per heavy atom. The molecule has 0 N–H and O–H groups in total. The molecule has 3 aromatic heterocycles. The first-order chi connectivity index (χ1) is 21.8. The molecule has 0 amide bonds. The molecule has 0 aliphatic carbocycles. The van der Waals surface area contributed by atoms with E-state index < -0.39 is 0 Å². The minimum absolute atomic E-state index is 0.720. The molecule has 3 heterocycles. The zero-order valence-electron chi connectivity index (χ0n) is 23.7. The predicted molar refractivity (Wildman–Crippen MR) is 186 cm³/mol. The molecule has 6 aromatic carbocycles. The summed E-state index contributed by atoms with van der Waals surface area (Å²) in [4.78, 5) is 10.4. The Morgan fingerprint density at radius 3 is 2.00 bits per heavy atom. The Hall–Kier alpha value is -5.58. The summed E-state index contributed by atoms with van der Waals surface area (Å²) in [5, 5.41) is 4.94. The average molecular weight is 580 g/mol. The maximum atomic E-state index is 5.22. The summed E-state index contributed by atoms with van der Waals surface area (Å²) in [6, 6.07) is 53.6. The Labute approximate surface area is 258 Å². The lowest BCUT2D eigenvalue weighted by Gasteiger charge is -2.11. The number of para-hydroxylation sites is 2. The van der Waals surface area contributed by atoms with Gasteiger partial charge in [0.25, 0.3) is 0 Å². The maximum absolute atomic E-state index is 5.22. The van der Waals surface area contributed by atoms with Crippen molar-refractivity contribution in [3.05, 3.63) is 152 Å². The van der Waals surface area contributed by atoms with Crippen LogP contribution in [0, 0.1) is 0 Å². The van der Waals surface area contributed by atoms with E-state index in [4.69, 9.17) is 9.97 Å². The highest BCUT2D eigenvalue weighted by atomic mass is 32.1. The van der Waals surface area contributed by atoms with Crippen LogP contribution in [-0.4, -0.2) is 14.5 Å². The molecule has 0 radical (unpaired) electrons. The maximum Gasteiger partial charge on any atom is 0.160 e. The number of rotatable bonds is 4. The summed E-state index contributed by atoms with van der Waals surface area (Å²) in [5.41, 5.74) is 8.46. The SMILES string of the molecule is c1ccc(-c2nc(-c3ccc4sc5ccccc5c4c3)cc(-c3cccc4c3c3ccccc3n4-c3ccccc3)n2)cc1. The second-order valence-corrected chi connectivity index (χ2v) is 12.1. The van der Waals surface area contributed by atoms with Crippen LogP contribution < -0.4 is 0 Å². The molecule has 0 atom stereocenters. The normalized spacial score (nSPS) is 11.6. The van der Waals surface area contributed by atoms with Gasteiger partial charge in [0.15, 0.2) is 5.82 Å². The van der Waals surface area contributed by atoms with Crippen LogP contribution in [0.4, 0.5) is 0 Å². The van der Waals surface area contributed by atoms with Crippen LogP contribution in [-0.2, 0) is 0 Å². The topological polar surface area (TPSA) is 30.7 Å². The molecule has 0 aliphatic heterocycles. The van der Waals surface area contributed by atoms with Crippen LogP contribution in [0.15, 0.2) is 152 Å². The van der Waals surface area contributed by atoms with Crippen LogP contribution in [0.3, 0.4) is 0 Å². The van der Waals surface area contributed by atoms with Gasteiger partial charge in [0, 0.05) is 53.3 Å². The summed E-state index contributed by atoms with van der Waals surface area (Å²) in [6.45, 7) is 0. The quantitative estimate of drug-likeness (QED) is 0.208. The van der Waals surface area contributed by atoms with Crippen LogP contribution in [0.25, 0.3) is 81.6 Å². The molecule has 0 bridgehead atoms. The summed E-state index contributed by atoms with van der Waals surface area (Å²) in [7, 11) is 0. The van der Waals surface area contributed by atoms with Gasteiger partial charge in [0.1, 0.15) is 0 Å². The second kappa shape index (κ2) is 10.0. The van der Waals surface area contributed by atoms with E-state index in [1.807, 2.05) is 29.5 Å². The zero-order chi connectivity index (χ0) is 29.0. The lowest BCUT2D eigenvalue weighted by Crippen LogP contribution is -1.96. The van der Waals surface area contributed by atoms with E-state index in [2.05, 4.69) is 138 Å². The highest BCUT2D eigenvalue weighted by molar-refractivity contribution is 7.25. The van der Waals surface area contributed by atoms with Crippen molar-refractivity contribution in [2.75, 3.05) is 0 Å². The van der Waals surface area contributed by atoms with Crippen LogP contribution in [0.5, 0.6) is 0 Å². The first kappa shape index (κ1) is 25.0. The molecule has 9 rings (SSSR count). The van der Waals surface area contributed by atoms with Crippen molar-refractivity contribution in [1.82, 2.24) is 14.5 Å². The van der Waals surface area contributed by atoms with Gasteiger partial charge in [-0.2, -0.15) is 0 Å². The third-order valence-electron chi connectivity index (χ3n) is 8.42. The molecule has 0 unspecified atom stereocenters. The van der Waals surface area contributed by atoms with Crippen molar-refractivity contribution in [3.8, 4) is 39.6 Å². The van der Waals surface area contributed by atoms with Crippen molar-refractivity contribution >= 4 is 53.3 Å². The van der Waals surface area contributed by atoms with Gasteiger partial charge >= 0.3 is 0 Å². The monoisotopic (exact) mass is 579 g/mol. The second-order valence-electron chi connectivity index (χ2n) is 11.0. The average Bonchev–Trinajstić information content (AvgIpc) is 3.64. The molecule has 9 aromatic rings. The molecule has 0 fully saturated rings. The third kappa shape index (κ3) is 3.96. The highest BCUT2D eigenvalue weighted by Crippen LogP contribution is 2.40. The number of benzene rings is 6. The van der Waals surface area contributed by atoms with E-state index in [1.54, 1.807) is 0 Å². The van der Waals surface area contributed by atoms with Gasteiger partial charge in [0.2, 0.25) is 0 Å². The number of hydrogen-bond donors (Lipinski definition) is 0. The highest BCUT2D eigenvalue weighted by Gasteiger charge is 2.18. The van der Waals surface area contributed by atoms with E-state index in [0.717, 1.165) is 45.1 Å². The molecule has 4 heteroatoms. The Kier molecular flexibility index (Phi) is 5.68. The fourth-order valence-electron chi connectivity index (χ4n) is 6.42. The fraction of sp³-hybridized carbons (Fsp3) is 0. The van der Waals surface area contributed by atoms with E-state index in [-0.39, 0.29) is 0 Å². The molecular weight excluding hydrogens is 555 g/mol.